The van der Waals surface area contributed by atoms with Gasteiger partial charge in [-0.25, -0.2) is 0 Å². The molecule has 0 radical (unpaired) electrons. The van der Waals surface area contributed by atoms with Crippen molar-refractivity contribution in [2.75, 3.05) is 0 Å². The van der Waals surface area contributed by atoms with Gasteiger partial charge in [-0.15, -0.1) is 0 Å². The van der Waals surface area contributed by atoms with Gasteiger partial charge in [0.2, 0.25) is 0 Å². The molecular formula is C14H17Cl. The predicted molar refractivity (Wildman–Crippen MR) is 64.1 cm³/mol. The zero-order valence-electron chi connectivity index (χ0n) is 8.95. The predicted octanol–water partition coefficient (Wildman–Crippen LogP) is 4.32. The molecule has 2 fully saturated rings. The Morgan fingerprint density at radius 2 is 1.87 bits per heavy atom. The smallest absolute Gasteiger partial charge is 0.0406 e. The van der Waals surface area contributed by atoms with Gasteiger partial charge in [-0.05, 0) is 61.1 Å². The second-order valence-electron chi connectivity index (χ2n) is 5.27. The zero-order valence-corrected chi connectivity index (χ0v) is 9.71. The minimum atomic E-state index is 0.853. The minimum Gasteiger partial charge on any atom is -0.0843 e. The summed E-state index contributed by atoms with van der Waals surface area (Å²) >= 11 is 5.89. The molecule has 0 N–H and O–H groups in total. The van der Waals surface area contributed by atoms with Gasteiger partial charge in [0.1, 0.15) is 0 Å². The molecule has 15 heavy (non-hydrogen) atoms. The molecule has 0 aliphatic heterocycles. The monoisotopic (exact) mass is 220 g/mol. The summed E-state index contributed by atoms with van der Waals surface area (Å²) in [6.45, 7) is 0. The third-order valence-electron chi connectivity index (χ3n) is 4.30. The fourth-order valence-corrected chi connectivity index (χ4v) is 3.68. The van der Waals surface area contributed by atoms with Gasteiger partial charge < -0.3 is 0 Å². The van der Waals surface area contributed by atoms with E-state index < -0.39 is 0 Å². The quantitative estimate of drug-likeness (QED) is 0.697. The van der Waals surface area contributed by atoms with E-state index in [2.05, 4.69) is 12.1 Å². The van der Waals surface area contributed by atoms with Crippen LogP contribution in [-0.4, -0.2) is 0 Å². The molecule has 0 heterocycles. The third-order valence-corrected chi connectivity index (χ3v) is 4.55. The van der Waals surface area contributed by atoms with Crippen LogP contribution in [0.15, 0.2) is 24.3 Å². The second-order valence-corrected chi connectivity index (χ2v) is 5.70. The van der Waals surface area contributed by atoms with E-state index in [1.165, 1.54) is 37.7 Å². The van der Waals surface area contributed by atoms with Crippen molar-refractivity contribution >= 4 is 11.6 Å². The van der Waals surface area contributed by atoms with Crippen LogP contribution >= 0.6 is 11.6 Å². The second kappa shape index (κ2) is 3.83. The zero-order chi connectivity index (χ0) is 10.3. The van der Waals surface area contributed by atoms with Gasteiger partial charge in [0, 0.05) is 5.02 Å². The topological polar surface area (TPSA) is 0 Å². The van der Waals surface area contributed by atoms with Gasteiger partial charge in [0.25, 0.3) is 0 Å². The van der Waals surface area contributed by atoms with Gasteiger partial charge in [-0.2, -0.15) is 0 Å². The molecule has 0 saturated heterocycles. The maximum Gasteiger partial charge on any atom is 0.0406 e. The van der Waals surface area contributed by atoms with Crippen LogP contribution in [0, 0.1) is 17.8 Å². The Morgan fingerprint density at radius 1 is 1.07 bits per heavy atom. The SMILES string of the molecule is Clc1ccc(C[C@H]2C[C@H]3CC[C@@H]2C3)cc1. The minimum absolute atomic E-state index is 0.853. The van der Waals surface area contributed by atoms with Crippen molar-refractivity contribution in [2.24, 2.45) is 17.8 Å². The highest BCUT2D eigenvalue weighted by atomic mass is 35.5. The first-order valence-electron chi connectivity index (χ1n) is 6.05. The molecule has 0 amide bonds. The summed E-state index contributed by atoms with van der Waals surface area (Å²) in [7, 11) is 0. The van der Waals surface area contributed by atoms with Crippen molar-refractivity contribution in [1.82, 2.24) is 0 Å². The fraction of sp³-hybridized carbons (Fsp3) is 0.571. The van der Waals surface area contributed by atoms with Crippen LogP contribution in [0.25, 0.3) is 0 Å². The van der Waals surface area contributed by atoms with Gasteiger partial charge in [-0.3, -0.25) is 0 Å². The molecule has 1 aromatic carbocycles. The van der Waals surface area contributed by atoms with E-state index in [0.29, 0.717) is 0 Å². The molecule has 1 aromatic rings. The van der Waals surface area contributed by atoms with Crippen LogP contribution < -0.4 is 0 Å². The first kappa shape index (κ1) is 9.72. The van der Waals surface area contributed by atoms with Crippen LogP contribution in [0.3, 0.4) is 0 Å². The molecule has 2 aliphatic carbocycles. The van der Waals surface area contributed by atoms with Gasteiger partial charge in [-0.1, -0.05) is 30.2 Å². The number of hydrogen-bond donors (Lipinski definition) is 0. The van der Waals surface area contributed by atoms with Gasteiger partial charge in [0.15, 0.2) is 0 Å². The summed E-state index contributed by atoms with van der Waals surface area (Å²) < 4.78 is 0. The molecule has 0 nitrogen and oxygen atoms in total. The van der Waals surface area contributed by atoms with E-state index in [1.807, 2.05) is 12.1 Å². The molecule has 80 valence electrons. The van der Waals surface area contributed by atoms with E-state index in [0.717, 1.165) is 22.8 Å². The first-order valence-corrected chi connectivity index (χ1v) is 6.43. The lowest BCUT2D eigenvalue weighted by Gasteiger charge is -2.21. The normalized spacial score (nSPS) is 33.5. The molecule has 2 bridgehead atoms. The lowest BCUT2D eigenvalue weighted by Crippen LogP contribution is -2.12. The van der Waals surface area contributed by atoms with E-state index in [4.69, 9.17) is 11.6 Å². The average molecular weight is 221 g/mol. The summed E-state index contributed by atoms with van der Waals surface area (Å²) in [6, 6.07) is 8.41. The van der Waals surface area contributed by atoms with Gasteiger partial charge >= 0.3 is 0 Å². The van der Waals surface area contributed by atoms with Gasteiger partial charge in [0.05, 0.1) is 0 Å². The van der Waals surface area contributed by atoms with E-state index in [1.54, 1.807) is 0 Å². The van der Waals surface area contributed by atoms with Crippen LogP contribution in [0.2, 0.25) is 5.02 Å². The highest BCUT2D eigenvalue weighted by Crippen LogP contribution is 2.49. The van der Waals surface area contributed by atoms with Crippen LogP contribution in [0.4, 0.5) is 0 Å². The maximum atomic E-state index is 5.89. The van der Waals surface area contributed by atoms with E-state index in [-0.39, 0.29) is 0 Å². The Balaban J connectivity index is 1.68. The van der Waals surface area contributed by atoms with Crippen molar-refractivity contribution in [1.29, 1.82) is 0 Å². The van der Waals surface area contributed by atoms with Crippen molar-refractivity contribution in [2.45, 2.75) is 32.1 Å². The summed E-state index contributed by atoms with van der Waals surface area (Å²) in [5, 5.41) is 0.853. The number of fused-ring (bicyclic) bond motifs is 2. The Hall–Kier alpha value is -0.490. The molecule has 0 spiro atoms. The van der Waals surface area contributed by atoms with Crippen molar-refractivity contribution in [3.8, 4) is 0 Å². The molecule has 0 unspecified atom stereocenters. The Labute approximate surface area is 96.6 Å². The van der Waals surface area contributed by atoms with Crippen LogP contribution in [0.5, 0.6) is 0 Å². The number of halogens is 1. The van der Waals surface area contributed by atoms with Crippen LogP contribution in [-0.2, 0) is 6.42 Å². The Bertz CT molecular complexity index is 341. The Morgan fingerprint density at radius 3 is 2.47 bits per heavy atom. The molecule has 3 atom stereocenters. The third kappa shape index (κ3) is 1.92. The average Bonchev–Trinajstić information content (AvgIpc) is 2.83. The Kier molecular flexibility index (Phi) is 2.48. The fourth-order valence-electron chi connectivity index (χ4n) is 3.55. The van der Waals surface area contributed by atoms with E-state index >= 15 is 0 Å². The summed E-state index contributed by atoms with van der Waals surface area (Å²) in [5.41, 5.74) is 1.47. The number of rotatable bonds is 2. The highest BCUT2D eigenvalue weighted by molar-refractivity contribution is 6.30. The van der Waals surface area contributed by atoms with E-state index in [9.17, 15) is 0 Å². The summed E-state index contributed by atoms with van der Waals surface area (Å²) in [4.78, 5) is 0. The molecule has 3 rings (SSSR count). The molecule has 0 aromatic heterocycles. The number of benzene rings is 1. The summed E-state index contributed by atoms with van der Waals surface area (Å²) in [5.74, 6) is 3.06. The molecule has 2 saturated carbocycles. The maximum absolute atomic E-state index is 5.89. The highest BCUT2D eigenvalue weighted by Gasteiger charge is 2.38. The largest absolute Gasteiger partial charge is 0.0843 e. The lowest BCUT2D eigenvalue weighted by atomic mass is 9.84. The molecule has 1 heteroatoms. The lowest BCUT2D eigenvalue weighted by molar-refractivity contribution is 0.331. The standard InChI is InChI=1S/C14H17Cl/c15-14-5-2-10(3-6-14)7-13-9-11-1-4-12(13)8-11/h2-3,5-6,11-13H,1,4,7-9H2/t11-,12+,13-/m0/s1. The molecular weight excluding hydrogens is 204 g/mol. The molecule has 2 aliphatic rings. The van der Waals surface area contributed by atoms with Crippen molar-refractivity contribution < 1.29 is 0 Å². The van der Waals surface area contributed by atoms with Crippen molar-refractivity contribution in [3.63, 3.8) is 0 Å². The number of hydrogen-bond acceptors (Lipinski definition) is 0. The summed E-state index contributed by atoms with van der Waals surface area (Å²) in [6.07, 6.45) is 7.26. The first-order chi connectivity index (χ1) is 7.31. The van der Waals surface area contributed by atoms with Crippen LogP contribution in [0.1, 0.15) is 31.2 Å². The van der Waals surface area contributed by atoms with Crippen molar-refractivity contribution in [3.05, 3.63) is 34.9 Å².